The predicted molar refractivity (Wildman–Crippen MR) is 175 cm³/mol. The third kappa shape index (κ3) is 8.59. The van der Waals surface area contributed by atoms with Crippen LogP contribution in [0.15, 0.2) is 78.9 Å². The van der Waals surface area contributed by atoms with Crippen LogP contribution < -0.4 is 0 Å². The van der Waals surface area contributed by atoms with E-state index in [0.29, 0.717) is 30.3 Å². The van der Waals surface area contributed by atoms with E-state index >= 15 is 0 Å². The van der Waals surface area contributed by atoms with Gasteiger partial charge in [0.1, 0.15) is 12.6 Å². The number of aryl methyl sites for hydroxylation is 1. The zero-order valence-corrected chi connectivity index (χ0v) is 26.5. The number of nitrogens with zero attached hydrogens (tertiary/aromatic N) is 2. The highest BCUT2D eigenvalue weighted by Gasteiger charge is 2.42. The van der Waals surface area contributed by atoms with Gasteiger partial charge in [-0.2, -0.15) is 0 Å². The molecule has 1 aliphatic carbocycles. The van der Waals surface area contributed by atoms with E-state index in [1.165, 1.54) is 49.8 Å². The Morgan fingerprint density at radius 1 is 0.822 bits per heavy atom. The van der Waals surface area contributed by atoms with Crippen LogP contribution in [0.25, 0.3) is 0 Å². The summed E-state index contributed by atoms with van der Waals surface area (Å²) in [5.41, 5.74) is 3.28. The zero-order chi connectivity index (χ0) is 31.0. The van der Waals surface area contributed by atoms with Gasteiger partial charge in [0, 0.05) is 25.6 Å². The van der Waals surface area contributed by atoms with Crippen molar-refractivity contribution in [3.63, 3.8) is 0 Å². The van der Waals surface area contributed by atoms with E-state index in [4.69, 9.17) is 4.74 Å². The Morgan fingerprint density at radius 2 is 1.56 bits per heavy atom. The molecule has 0 radical (unpaired) electrons. The minimum absolute atomic E-state index is 0.0672. The molecular weight excluding hydrogens is 566 g/mol. The summed E-state index contributed by atoms with van der Waals surface area (Å²) >= 11 is 0. The topological polar surface area (TPSA) is 32.8 Å². The summed E-state index contributed by atoms with van der Waals surface area (Å²) < 4.78 is 32.8. The molecule has 2 heterocycles. The molecule has 240 valence electrons. The number of ether oxygens (including phenoxy) is 1. The Balaban J connectivity index is 1.05. The van der Waals surface area contributed by atoms with E-state index in [2.05, 4.69) is 40.1 Å². The summed E-state index contributed by atoms with van der Waals surface area (Å²) in [6, 6.07) is 25.0. The highest BCUT2D eigenvalue weighted by molar-refractivity contribution is 5.76. The van der Waals surface area contributed by atoms with Gasteiger partial charge in [0.25, 0.3) is 0 Å². The Labute approximate surface area is 267 Å². The van der Waals surface area contributed by atoms with Gasteiger partial charge >= 0.3 is 5.97 Å². The van der Waals surface area contributed by atoms with Crippen LogP contribution in [0.5, 0.6) is 0 Å². The summed E-state index contributed by atoms with van der Waals surface area (Å²) in [6.45, 7) is 5.39. The van der Waals surface area contributed by atoms with Crippen molar-refractivity contribution in [3.8, 4) is 0 Å². The summed E-state index contributed by atoms with van der Waals surface area (Å²) in [7, 11) is 0. The standard InChI is InChI=1S/C39H48F2N2O2/c40-36-18-17-31(23-37(36)41)14-7-11-29-19-21-42(22-20-29)25-34-26-43(27-35(34)33-15-5-2-6-16-33)38(24-30-12-8-13-30)39(44)45-28-32-9-3-1-4-10-32/h1-6,9-10,15-18,23,29-30,34-35,38H,7-8,11-14,19-22,24-28H2/t34-,35+,38+/m0/s1. The normalized spacial score (nSPS) is 22.3. The van der Waals surface area contributed by atoms with E-state index in [0.717, 1.165) is 69.5 Å². The second-order valence-electron chi connectivity index (χ2n) is 13.8. The minimum atomic E-state index is -0.775. The third-order valence-electron chi connectivity index (χ3n) is 10.7. The monoisotopic (exact) mass is 614 g/mol. The molecule has 0 spiro atoms. The summed E-state index contributed by atoms with van der Waals surface area (Å²) in [6.07, 6.45) is 9.90. The largest absolute Gasteiger partial charge is 0.460 e. The highest BCUT2D eigenvalue weighted by atomic mass is 19.2. The number of esters is 1. The second-order valence-corrected chi connectivity index (χ2v) is 13.8. The Kier molecular flexibility index (Phi) is 11.0. The van der Waals surface area contributed by atoms with Crippen LogP contribution in [0.3, 0.4) is 0 Å². The van der Waals surface area contributed by atoms with Gasteiger partial charge in [0.05, 0.1) is 0 Å². The van der Waals surface area contributed by atoms with Gasteiger partial charge in [-0.25, -0.2) is 8.78 Å². The Bertz CT molecular complexity index is 1360. The fraction of sp³-hybridized carbons (Fsp3) is 0.513. The van der Waals surface area contributed by atoms with Crippen LogP contribution in [0.2, 0.25) is 0 Å². The fourth-order valence-corrected chi connectivity index (χ4v) is 7.76. The number of halogens is 2. The molecule has 0 unspecified atom stereocenters. The molecule has 3 aromatic rings. The maximum Gasteiger partial charge on any atom is 0.323 e. The number of piperidine rings is 1. The lowest BCUT2D eigenvalue weighted by Gasteiger charge is -2.35. The summed E-state index contributed by atoms with van der Waals surface area (Å²) in [5, 5.41) is 0. The van der Waals surface area contributed by atoms with Gasteiger partial charge < -0.3 is 9.64 Å². The van der Waals surface area contributed by atoms with Crippen molar-refractivity contribution in [3.05, 3.63) is 107 Å². The number of hydrogen-bond donors (Lipinski definition) is 0. The maximum atomic E-state index is 13.7. The van der Waals surface area contributed by atoms with Crippen molar-refractivity contribution in [1.29, 1.82) is 0 Å². The molecule has 0 bridgehead atoms. The smallest absolute Gasteiger partial charge is 0.323 e. The lowest BCUT2D eigenvalue weighted by molar-refractivity contribution is -0.152. The molecule has 1 saturated carbocycles. The first-order valence-corrected chi connectivity index (χ1v) is 17.2. The molecule has 0 amide bonds. The Hall–Kier alpha value is -3.09. The van der Waals surface area contributed by atoms with Crippen molar-refractivity contribution in [2.75, 3.05) is 32.7 Å². The van der Waals surface area contributed by atoms with Gasteiger partial charge in [0.2, 0.25) is 0 Å². The molecule has 3 fully saturated rings. The van der Waals surface area contributed by atoms with Crippen molar-refractivity contribution < 1.29 is 18.3 Å². The molecule has 2 aliphatic heterocycles. The van der Waals surface area contributed by atoms with Crippen molar-refractivity contribution in [2.45, 2.75) is 76.4 Å². The van der Waals surface area contributed by atoms with Crippen LogP contribution in [0.1, 0.15) is 74.0 Å². The number of carbonyl (C=O) groups is 1. The van der Waals surface area contributed by atoms with Crippen LogP contribution in [-0.2, 0) is 22.6 Å². The van der Waals surface area contributed by atoms with Gasteiger partial charge in [-0.05, 0) is 91.8 Å². The van der Waals surface area contributed by atoms with Gasteiger partial charge in [-0.15, -0.1) is 0 Å². The van der Waals surface area contributed by atoms with Crippen LogP contribution in [0.4, 0.5) is 8.78 Å². The molecule has 2 saturated heterocycles. The number of benzene rings is 3. The molecule has 6 heteroatoms. The van der Waals surface area contributed by atoms with Crippen LogP contribution in [-0.4, -0.2) is 54.5 Å². The average molecular weight is 615 g/mol. The molecular formula is C39H48F2N2O2. The fourth-order valence-electron chi connectivity index (χ4n) is 7.76. The van der Waals surface area contributed by atoms with Crippen LogP contribution >= 0.6 is 0 Å². The van der Waals surface area contributed by atoms with E-state index in [1.54, 1.807) is 6.07 Å². The average Bonchev–Trinajstić information content (AvgIpc) is 3.46. The molecule has 3 atom stereocenters. The number of hydrogen-bond acceptors (Lipinski definition) is 4. The minimum Gasteiger partial charge on any atom is -0.460 e. The number of rotatable bonds is 13. The van der Waals surface area contributed by atoms with E-state index < -0.39 is 11.6 Å². The van der Waals surface area contributed by atoms with Gasteiger partial charge in [-0.1, -0.05) is 92.4 Å². The Morgan fingerprint density at radius 3 is 2.24 bits per heavy atom. The molecule has 4 nitrogen and oxygen atoms in total. The molecule has 45 heavy (non-hydrogen) atoms. The molecule has 3 aromatic carbocycles. The first-order valence-electron chi connectivity index (χ1n) is 17.2. The van der Waals surface area contributed by atoms with E-state index in [-0.39, 0.29) is 12.0 Å². The zero-order valence-electron chi connectivity index (χ0n) is 26.5. The summed E-state index contributed by atoms with van der Waals surface area (Å²) in [4.78, 5) is 18.8. The van der Waals surface area contributed by atoms with Crippen molar-refractivity contribution in [1.82, 2.24) is 9.80 Å². The lowest BCUT2D eigenvalue weighted by atomic mass is 9.80. The first kappa shape index (κ1) is 31.9. The number of carbonyl (C=O) groups excluding carboxylic acids is 1. The molecule has 0 N–H and O–H groups in total. The van der Waals surface area contributed by atoms with E-state index in [1.807, 2.05) is 30.3 Å². The first-order chi connectivity index (χ1) is 22.0. The van der Waals surface area contributed by atoms with Crippen LogP contribution in [0, 0.1) is 29.4 Å². The number of likely N-dealkylation sites (tertiary alicyclic amines) is 2. The SMILES string of the molecule is O=C(OCc1ccccc1)[C@@H](CC1CCC1)N1C[C@H](CN2CCC(CCCc3ccc(F)c(F)c3)CC2)[C@@H](c2ccccc2)C1. The predicted octanol–water partition coefficient (Wildman–Crippen LogP) is 8.02. The molecule has 6 rings (SSSR count). The van der Waals surface area contributed by atoms with Crippen molar-refractivity contribution in [2.24, 2.45) is 17.8 Å². The second kappa shape index (κ2) is 15.5. The maximum absolute atomic E-state index is 13.7. The van der Waals surface area contributed by atoms with Gasteiger partial charge in [0.15, 0.2) is 11.6 Å². The van der Waals surface area contributed by atoms with Crippen molar-refractivity contribution >= 4 is 5.97 Å². The third-order valence-corrected chi connectivity index (χ3v) is 10.7. The molecule has 3 aliphatic rings. The highest BCUT2D eigenvalue weighted by Crippen LogP contribution is 2.39. The quantitative estimate of drug-likeness (QED) is 0.183. The summed E-state index contributed by atoms with van der Waals surface area (Å²) in [5.74, 6) is 0.565. The van der Waals surface area contributed by atoms with E-state index in [9.17, 15) is 13.6 Å². The molecule has 0 aromatic heterocycles. The lowest BCUT2D eigenvalue weighted by Crippen LogP contribution is -2.44. The van der Waals surface area contributed by atoms with Gasteiger partial charge in [-0.3, -0.25) is 9.69 Å².